The highest BCUT2D eigenvalue weighted by Crippen LogP contribution is 2.15. The predicted molar refractivity (Wildman–Crippen MR) is 71.3 cm³/mol. The molecule has 96 valence electrons. The molecule has 2 aromatic rings. The number of nitrogens with one attached hydrogen (secondary N) is 1. The highest BCUT2D eigenvalue weighted by Gasteiger charge is 2.07. The number of aromatic amines is 1. The van der Waals surface area contributed by atoms with Gasteiger partial charge in [-0.25, -0.2) is 4.98 Å². The van der Waals surface area contributed by atoms with Gasteiger partial charge in [-0.1, -0.05) is 6.07 Å². The summed E-state index contributed by atoms with van der Waals surface area (Å²) < 4.78 is 2.41. The minimum atomic E-state index is 0.250. The minimum Gasteiger partial charge on any atom is -0.372 e. The van der Waals surface area contributed by atoms with Crippen LogP contribution in [0.4, 0.5) is 0 Å². The number of amides is 1. The van der Waals surface area contributed by atoms with E-state index in [9.17, 15) is 0 Å². The van der Waals surface area contributed by atoms with Crippen molar-refractivity contribution in [3.8, 4) is 11.5 Å². The Morgan fingerprint density at radius 3 is 2.50 bits per heavy atom. The highest BCUT2D eigenvalue weighted by atomic mass is 32.1. The second-order valence-corrected chi connectivity index (χ2v) is 4.03. The lowest BCUT2D eigenvalue weighted by atomic mass is 10.2. The van der Waals surface area contributed by atoms with E-state index < -0.39 is 0 Å². The molecule has 3 N–H and O–H groups in total. The Bertz CT molecular complexity index is 602. The lowest BCUT2D eigenvalue weighted by Crippen LogP contribution is -1.97. The second kappa shape index (κ2) is 6.06. The standard InChI is InChI=1S/C10H12N4S.CH3NO/c1-6-4-5-8(11-7(6)2)9-12-13-10(15)14(9)3;2-1-3/h4-5H,1-3H3,(H,13,15);1H,(H2,2,3). The van der Waals surface area contributed by atoms with Crippen LogP contribution in [0.25, 0.3) is 11.5 Å². The average molecular weight is 265 g/mol. The maximum atomic E-state index is 8.58. The topological polar surface area (TPSA) is 89.6 Å². The van der Waals surface area contributed by atoms with Gasteiger partial charge in [0, 0.05) is 12.7 Å². The van der Waals surface area contributed by atoms with Gasteiger partial charge >= 0.3 is 0 Å². The quantitative estimate of drug-likeness (QED) is 0.600. The molecule has 0 saturated carbocycles. The van der Waals surface area contributed by atoms with Gasteiger partial charge in [0.15, 0.2) is 10.6 Å². The van der Waals surface area contributed by atoms with Crippen LogP contribution in [-0.4, -0.2) is 26.2 Å². The number of rotatable bonds is 1. The number of nitrogens with zero attached hydrogens (tertiary/aromatic N) is 3. The monoisotopic (exact) mass is 265 g/mol. The molecule has 0 spiro atoms. The third kappa shape index (κ3) is 3.01. The fourth-order valence-electron chi connectivity index (χ4n) is 1.33. The van der Waals surface area contributed by atoms with Gasteiger partial charge in [-0.3, -0.25) is 9.89 Å². The van der Waals surface area contributed by atoms with Crippen molar-refractivity contribution in [1.82, 2.24) is 19.7 Å². The normalized spacial score (nSPS) is 9.50. The zero-order chi connectivity index (χ0) is 13.7. The van der Waals surface area contributed by atoms with Crippen LogP contribution in [0.5, 0.6) is 0 Å². The van der Waals surface area contributed by atoms with Gasteiger partial charge in [-0.05, 0) is 37.7 Å². The molecular weight excluding hydrogens is 250 g/mol. The van der Waals surface area contributed by atoms with Crippen molar-refractivity contribution in [1.29, 1.82) is 0 Å². The smallest absolute Gasteiger partial charge is 0.204 e. The number of hydrogen-bond donors (Lipinski definition) is 2. The Hall–Kier alpha value is -2.02. The first-order valence-corrected chi connectivity index (χ1v) is 5.63. The Kier molecular flexibility index (Phi) is 4.73. The van der Waals surface area contributed by atoms with Gasteiger partial charge in [0.05, 0.1) is 0 Å². The highest BCUT2D eigenvalue weighted by molar-refractivity contribution is 7.71. The van der Waals surface area contributed by atoms with Gasteiger partial charge in [0.25, 0.3) is 0 Å². The molecular formula is C11H15N5OS. The summed E-state index contributed by atoms with van der Waals surface area (Å²) >= 11 is 5.05. The number of carbonyl (C=O) groups is 1. The molecule has 2 rings (SSSR count). The maximum absolute atomic E-state index is 8.58. The Morgan fingerprint density at radius 1 is 1.44 bits per heavy atom. The molecule has 2 heterocycles. The molecule has 0 unspecified atom stereocenters. The Morgan fingerprint density at radius 2 is 2.06 bits per heavy atom. The fraction of sp³-hybridized carbons (Fsp3) is 0.273. The first kappa shape index (κ1) is 14.0. The van der Waals surface area contributed by atoms with Crippen LogP contribution in [0.2, 0.25) is 0 Å². The van der Waals surface area contributed by atoms with Crippen molar-refractivity contribution in [2.45, 2.75) is 13.8 Å². The van der Waals surface area contributed by atoms with Crippen molar-refractivity contribution in [3.05, 3.63) is 28.2 Å². The summed E-state index contributed by atoms with van der Waals surface area (Å²) in [6, 6.07) is 3.99. The van der Waals surface area contributed by atoms with Crippen molar-refractivity contribution in [3.63, 3.8) is 0 Å². The number of nitrogens with two attached hydrogens (primary N) is 1. The molecule has 0 aliphatic heterocycles. The molecule has 0 fully saturated rings. The summed E-state index contributed by atoms with van der Waals surface area (Å²) in [5.41, 5.74) is 7.20. The number of carbonyl (C=O) groups excluding carboxylic acids is 1. The molecule has 0 atom stereocenters. The van der Waals surface area contributed by atoms with Crippen molar-refractivity contribution >= 4 is 18.6 Å². The molecule has 6 nitrogen and oxygen atoms in total. The summed E-state index contributed by atoms with van der Waals surface area (Å²) in [7, 11) is 1.87. The van der Waals surface area contributed by atoms with E-state index in [-0.39, 0.29) is 6.41 Å². The largest absolute Gasteiger partial charge is 0.372 e. The predicted octanol–water partition coefficient (Wildman–Crippen LogP) is 1.26. The number of primary amides is 1. The van der Waals surface area contributed by atoms with Crippen LogP contribution in [-0.2, 0) is 11.8 Å². The van der Waals surface area contributed by atoms with Crippen molar-refractivity contribution in [2.24, 2.45) is 12.8 Å². The summed E-state index contributed by atoms with van der Waals surface area (Å²) in [6.07, 6.45) is 0.250. The SMILES string of the molecule is Cc1ccc(-c2n[nH]c(=S)n2C)nc1C.NC=O. The van der Waals surface area contributed by atoms with Gasteiger partial charge in [0.2, 0.25) is 6.41 Å². The number of H-pyrrole nitrogens is 1. The molecule has 0 bridgehead atoms. The Balaban J connectivity index is 0.000000492. The molecule has 1 amide bonds. The first-order chi connectivity index (χ1) is 8.51. The maximum Gasteiger partial charge on any atom is 0.204 e. The molecule has 0 radical (unpaired) electrons. The van der Waals surface area contributed by atoms with Crippen LogP contribution in [0.15, 0.2) is 12.1 Å². The lowest BCUT2D eigenvalue weighted by Gasteiger charge is -2.03. The van der Waals surface area contributed by atoms with E-state index in [1.807, 2.05) is 37.6 Å². The van der Waals surface area contributed by atoms with E-state index in [2.05, 4.69) is 20.9 Å². The van der Waals surface area contributed by atoms with Crippen LogP contribution < -0.4 is 5.73 Å². The summed E-state index contributed by atoms with van der Waals surface area (Å²) in [4.78, 5) is 13.1. The molecule has 0 aliphatic rings. The molecule has 0 aliphatic carbocycles. The summed E-state index contributed by atoms with van der Waals surface area (Å²) in [6.45, 7) is 4.02. The molecule has 18 heavy (non-hydrogen) atoms. The van der Waals surface area contributed by atoms with Crippen LogP contribution in [0, 0.1) is 18.6 Å². The van der Waals surface area contributed by atoms with E-state index in [1.165, 1.54) is 5.56 Å². The zero-order valence-corrected chi connectivity index (χ0v) is 11.3. The molecule has 2 aromatic heterocycles. The van der Waals surface area contributed by atoms with Crippen LogP contribution >= 0.6 is 12.2 Å². The van der Waals surface area contributed by atoms with E-state index in [0.717, 1.165) is 17.2 Å². The van der Waals surface area contributed by atoms with Gasteiger partial charge in [-0.15, -0.1) is 0 Å². The van der Waals surface area contributed by atoms with E-state index in [4.69, 9.17) is 17.0 Å². The number of aryl methyl sites for hydroxylation is 2. The number of pyridine rings is 1. The fourth-order valence-corrected chi connectivity index (χ4v) is 1.46. The molecule has 7 heteroatoms. The van der Waals surface area contributed by atoms with Gasteiger partial charge in [0.1, 0.15) is 5.69 Å². The third-order valence-electron chi connectivity index (χ3n) is 2.46. The zero-order valence-electron chi connectivity index (χ0n) is 10.5. The first-order valence-electron chi connectivity index (χ1n) is 5.22. The average Bonchev–Trinajstić information content (AvgIpc) is 2.65. The third-order valence-corrected chi connectivity index (χ3v) is 2.82. The van der Waals surface area contributed by atoms with Crippen LogP contribution in [0.3, 0.4) is 0 Å². The minimum absolute atomic E-state index is 0.250. The van der Waals surface area contributed by atoms with Gasteiger partial charge < -0.3 is 10.3 Å². The number of aromatic nitrogens is 4. The summed E-state index contributed by atoms with van der Waals surface area (Å²) in [5.74, 6) is 0.767. The molecule has 0 saturated heterocycles. The lowest BCUT2D eigenvalue weighted by molar-refractivity contribution is -0.106. The van der Waals surface area contributed by atoms with Crippen molar-refractivity contribution in [2.75, 3.05) is 0 Å². The molecule has 0 aromatic carbocycles. The van der Waals surface area contributed by atoms with E-state index in [1.54, 1.807) is 0 Å². The van der Waals surface area contributed by atoms with Gasteiger partial charge in [-0.2, -0.15) is 5.10 Å². The van der Waals surface area contributed by atoms with E-state index in [0.29, 0.717) is 4.77 Å². The van der Waals surface area contributed by atoms with E-state index >= 15 is 0 Å². The van der Waals surface area contributed by atoms with Crippen LogP contribution in [0.1, 0.15) is 11.3 Å². The van der Waals surface area contributed by atoms with Crippen molar-refractivity contribution < 1.29 is 4.79 Å². The number of hydrogen-bond acceptors (Lipinski definition) is 4. The Labute approximate surface area is 110 Å². The second-order valence-electron chi connectivity index (χ2n) is 3.65. The summed E-state index contributed by atoms with van der Waals surface area (Å²) in [5, 5.41) is 6.88.